The standard InChI is InChI=1S/C13H24N2O2/c1-10(2)9-15-7-5-13(6-8-15,12(16)17)14-11-3-4-11/h10-11,14H,3-9H2,1-2H3,(H,16,17). The lowest BCUT2D eigenvalue weighted by Gasteiger charge is -2.40. The molecule has 0 radical (unpaired) electrons. The third-order valence-electron chi connectivity index (χ3n) is 3.80. The molecule has 0 atom stereocenters. The molecular formula is C13H24N2O2. The van der Waals surface area contributed by atoms with Gasteiger partial charge in [0.25, 0.3) is 0 Å². The number of aliphatic carboxylic acids is 1. The van der Waals surface area contributed by atoms with Crippen molar-refractivity contribution >= 4 is 5.97 Å². The van der Waals surface area contributed by atoms with Crippen LogP contribution in [0.4, 0.5) is 0 Å². The maximum absolute atomic E-state index is 11.5. The van der Waals surface area contributed by atoms with Crippen molar-refractivity contribution in [2.45, 2.75) is 51.1 Å². The van der Waals surface area contributed by atoms with Crippen molar-refractivity contribution in [2.75, 3.05) is 19.6 Å². The van der Waals surface area contributed by atoms with Gasteiger partial charge in [-0.15, -0.1) is 0 Å². The van der Waals surface area contributed by atoms with Gasteiger partial charge in [0.15, 0.2) is 0 Å². The van der Waals surface area contributed by atoms with Gasteiger partial charge in [0.2, 0.25) is 0 Å². The molecule has 2 aliphatic rings. The number of hydrogen-bond acceptors (Lipinski definition) is 3. The molecule has 1 aliphatic carbocycles. The van der Waals surface area contributed by atoms with E-state index in [1.807, 2.05) is 0 Å². The van der Waals surface area contributed by atoms with E-state index in [1.54, 1.807) is 0 Å². The number of likely N-dealkylation sites (tertiary alicyclic amines) is 1. The van der Waals surface area contributed by atoms with E-state index in [0.717, 1.165) is 45.3 Å². The Balaban J connectivity index is 1.90. The Labute approximate surface area is 103 Å². The first kappa shape index (κ1) is 12.8. The molecule has 0 unspecified atom stereocenters. The molecule has 0 aromatic carbocycles. The zero-order valence-corrected chi connectivity index (χ0v) is 10.9. The van der Waals surface area contributed by atoms with Crippen molar-refractivity contribution in [3.8, 4) is 0 Å². The summed E-state index contributed by atoms with van der Waals surface area (Å²) in [7, 11) is 0. The lowest BCUT2D eigenvalue weighted by Crippen LogP contribution is -2.59. The van der Waals surface area contributed by atoms with Crippen LogP contribution in [0.3, 0.4) is 0 Å². The van der Waals surface area contributed by atoms with Gasteiger partial charge < -0.3 is 10.0 Å². The fourth-order valence-electron chi connectivity index (χ4n) is 2.67. The van der Waals surface area contributed by atoms with Crippen LogP contribution in [-0.4, -0.2) is 47.2 Å². The summed E-state index contributed by atoms with van der Waals surface area (Å²) >= 11 is 0. The van der Waals surface area contributed by atoms with Crippen LogP contribution in [0.2, 0.25) is 0 Å². The molecule has 4 nitrogen and oxygen atoms in total. The average Bonchev–Trinajstić information content (AvgIpc) is 3.04. The quantitative estimate of drug-likeness (QED) is 0.761. The Kier molecular flexibility index (Phi) is 3.73. The smallest absolute Gasteiger partial charge is 0.324 e. The van der Waals surface area contributed by atoms with Gasteiger partial charge in [-0.05, 0) is 31.6 Å². The number of carboxylic acid groups (broad SMARTS) is 1. The van der Waals surface area contributed by atoms with Crippen molar-refractivity contribution in [1.29, 1.82) is 0 Å². The van der Waals surface area contributed by atoms with Crippen LogP contribution in [0.5, 0.6) is 0 Å². The first-order valence-electron chi connectivity index (χ1n) is 6.75. The predicted octanol–water partition coefficient (Wildman–Crippen LogP) is 1.31. The third-order valence-corrected chi connectivity index (χ3v) is 3.80. The summed E-state index contributed by atoms with van der Waals surface area (Å²) in [5, 5.41) is 12.8. The first-order valence-corrected chi connectivity index (χ1v) is 6.75. The zero-order chi connectivity index (χ0) is 12.5. The SMILES string of the molecule is CC(C)CN1CCC(NC2CC2)(C(=O)O)CC1. The second-order valence-corrected chi connectivity index (χ2v) is 6.00. The summed E-state index contributed by atoms with van der Waals surface area (Å²) in [5.41, 5.74) is -0.644. The molecule has 17 heavy (non-hydrogen) atoms. The highest BCUT2D eigenvalue weighted by molar-refractivity contribution is 5.79. The zero-order valence-electron chi connectivity index (χ0n) is 10.9. The maximum Gasteiger partial charge on any atom is 0.324 e. The van der Waals surface area contributed by atoms with Crippen LogP contribution in [0.1, 0.15) is 39.5 Å². The maximum atomic E-state index is 11.5. The van der Waals surface area contributed by atoms with E-state index in [1.165, 1.54) is 0 Å². The van der Waals surface area contributed by atoms with E-state index < -0.39 is 11.5 Å². The van der Waals surface area contributed by atoms with Crippen molar-refractivity contribution < 1.29 is 9.90 Å². The van der Waals surface area contributed by atoms with Crippen molar-refractivity contribution in [2.24, 2.45) is 5.92 Å². The molecule has 0 bridgehead atoms. The van der Waals surface area contributed by atoms with Gasteiger partial charge in [0.05, 0.1) is 0 Å². The number of carboxylic acids is 1. The molecule has 2 fully saturated rings. The average molecular weight is 240 g/mol. The van der Waals surface area contributed by atoms with Crippen LogP contribution in [0.15, 0.2) is 0 Å². The first-order chi connectivity index (χ1) is 8.02. The van der Waals surface area contributed by atoms with E-state index >= 15 is 0 Å². The molecule has 0 amide bonds. The Morgan fingerprint density at radius 3 is 2.41 bits per heavy atom. The molecule has 1 saturated heterocycles. The highest BCUT2D eigenvalue weighted by Gasteiger charge is 2.44. The monoisotopic (exact) mass is 240 g/mol. The van der Waals surface area contributed by atoms with E-state index in [4.69, 9.17) is 0 Å². The number of rotatable bonds is 5. The topological polar surface area (TPSA) is 52.6 Å². The lowest BCUT2D eigenvalue weighted by molar-refractivity contribution is -0.147. The number of piperidine rings is 1. The van der Waals surface area contributed by atoms with Gasteiger partial charge in [-0.3, -0.25) is 10.1 Å². The van der Waals surface area contributed by atoms with Gasteiger partial charge in [-0.25, -0.2) is 0 Å². The Morgan fingerprint density at radius 1 is 1.41 bits per heavy atom. The van der Waals surface area contributed by atoms with E-state index in [0.29, 0.717) is 12.0 Å². The fourth-order valence-corrected chi connectivity index (χ4v) is 2.67. The van der Waals surface area contributed by atoms with Gasteiger partial charge in [0.1, 0.15) is 5.54 Å². The third kappa shape index (κ3) is 3.19. The van der Waals surface area contributed by atoms with Crippen LogP contribution in [-0.2, 0) is 4.79 Å². The van der Waals surface area contributed by atoms with E-state index in [-0.39, 0.29) is 0 Å². The van der Waals surface area contributed by atoms with E-state index in [2.05, 4.69) is 24.1 Å². The van der Waals surface area contributed by atoms with Crippen molar-refractivity contribution in [1.82, 2.24) is 10.2 Å². The summed E-state index contributed by atoms with van der Waals surface area (Å²) < 4.78 is 0. The molecule has 0 aromatic heterocycles. The van der Waals surface area contributed by atoms with Crippen molar-refractivity contribution in [3.63, 3.8) is 0 Å². The van der Waals surface area contributed by atoms with Crippen LogP contribution in [0.25, 0.3) is 0 Å². The van der Waals surface area contributed by atoms with Crippen molar-refractivity contribution in [3.05, 3.63) is 0 Å². The molecule has 98 valence electrons. The second-order valence-electron chi connectivity index (χ2n) is 6.00. The lowest BCUT2D eigenvalue weighted by atomic mass is 9.87. The number of nitrogens with one attached hydrogen (secondary N) is 1. The molecule has 0 aromatic rings. The largest absolute Gasteiger partial charge is 0.480 e. The molecule has 1 heterocycles. The molecule has 2 N–H and O–H groups in total. The summed E-state index contributed by atoms with van der Waals surface area (Å²) in [6.07, 6.45) is 3.77. The minimum atomic E-state index is -0.659. The molecule has 0 spiro atoms. The van der Waals surface area contributed by atoms with Crippen LogP contribution < -0.4 is 5.32 Å². The Bertz CT molecular complexity index is 279. The molecule has 1 saturated carbocycles. The second kappa shape index (κ2) is 4.94. The van der Waals surface area contributed by atoms with Crippen LogP contribution in [0, 0.1) is 5.92 Å². The van der Waals surface area contributed by atoms with Gasteiger partial charge in [0, 0.05) is 25.7 Å². The molecule has 1 aliphatic heterocycles. The summed E-state index contributed by atoms with van der Waals surface area (Å²) in [5.74, 6) is -0.00248. The Morgan fingerprint density at radius 2 is 2.00 bits per heavy atom. The summed E-state index contributed by atoms with van der Waals surface area (Å²) in [6, 6.07) is 0.461. The van der Waals surface area contributed by atoms with Gasteiger partial charge in [-0.1, -0.05) is 13.8 Å². The Hall–Kier alpha value is -0.610. The highest BCUT2D eigenvalue weighted by atomic mass is 16.4. The number of nitrogens with zero attached hydrogens (tertiary/aromatic N) is 1. The minimum Gasteiger partial charge on any atom is -0.480 e. The predicted molar refractivity (Wildman–Crippen MR) is 67.0 cm³/mol. The molecular weight excluding hydrogens is 216 g/mol. The van der Waals surface area contributed by atoms with E-state index in [9.17, 15) is 9.90 Å². The molecule has 4 heteroatoms. The van der Waals surface area contributed by atoms with Gasteiger partial charge >= 0.3 is 5.97 Å². The highest BCUT2D eigenvalue weighted by Crippen LogP contribution is 2.29. The minimum absolute atomic E-state index is 0.461. The number of hydrogen-bond donors (Lipinski definition) is 2. The number of carbonyl (C=O) groups is 1. The van der Waals surface area contributed by atoms with Gasteiger partial charge in [-0.2, -0.15) is 0 Å². The fraction of sp³-hybridized carbons (Fsp3) is 0.923. The van der Waals surface area contributed by atoms with Crippen LogP contribution >= 0.6 is 0 Å². The normalized spacial score (nSPS) is 25.1. The summed E-state index contributed by atoms with van der Waals surface area (Å²) in [4.78, 5) is 13.9. The molecule has 2 rings (SSSR count). The summed E-state index contributed by atoms with van der Waals surface area (Å²) in [6.45, 7) is 7.32.